The van der Waals surface area contributed by atoms with E-state index in [4.69, 9.17) is 5.73 Å². The molecule has 0 radical (unpaired) electrons. The molecule has 0 aliphatic rings. The van der Waals surface area contributed by atoms with Crippen molar-refractivity contribution < 1.29 is 4.39 Å². The molecular weight excluding hydrogens is 249 g/mol. The highest BCUT2D eigenvalue weighted by atomic mass is 19.1. The van der Waals surface area contributed by atoms with Crippen LogP contribution >= 0.6 is 0 Å². The maximum atomic E-state index is 13.7. The second kappa shape index (κ2) is 6.19. The average Bonchev–Trinajstić information content (AvgIpc) is 2.41. The van der Waals surface area contributed by atoms with Crippen LogP contribution in [0, 0.1) is 5.82 Å². The molecule has 106 valence electrons. The van der Waals surface area contributed by atoms with Crippen LogP contribution in [-0.2, 0) is 19.3 Å². The third-order valence-corrected chi connectivity index (χ3v) is 3.59. The Morgan fingerprint density at radius 1 is 0.950 bits per heavy atom. The molecule has 0 saturated heterocycles. The molecule has 0 saturated carbocycles. The zero-order chi connectivity index (χ0) is 14.6. The lowest BCUT2D eigenvalue weighted by molar-refractivity contribution is 0.451. The largest absolute Gasteiger partial charge is 0.325 e. The van der Waals surface area contributed by atoms with E-state index in [0.717, 1.165) is 12.8 Å². The van der Waals surface area contributed by atoms with Crippen molar-refractivity contribution in [2.45, 2.75) is 38.6 Å². The second-order valence-corrected chi connectivity index (χ2v) is 5.77. The summed E-state index contributed by atoms with van der Waals surface area (Å²) >= 11 is 0. The van der Waals surface area contributed by atoms with Crippen LogP contribution in [0.4, 0.5) is 4.39 Å². The normalized spacial score (nSPS) is 14.0. The highest BCUT2D eigenvalue weighted by molar-refractivity contribution is 5.26. The maximum absolute atomic E-state index is 13.7. The van der Waals surface area contributed by atoms with E-state index in [1.807, 2.05) is 13.0 Å². The predicted octanol–water partition coefficient (Wildman–Crippen LogP) is 3.89. The van der Waals surface area contributed by atoms with Crippen molar-refractivity contribution in [1.29, 1.82) is 0 Å². The Kier molecular flexibility index (Phi) is 4.56. The number of aryl methyl sites for hydroxylation is 1. The first-order valence-corrected chi connectivity index (χ1v) is 7.10. The van der Waals surface area contributed by atoms with Gasteiger partial charge < -0.3 is 5.73 Å². The summed E-state index contributed by atoms with van der Waals surface area (Å²) < 4.78 is 13.7. The van der Waals surface area contributed by atoms with Crippen LogP contribution in [0.1, 0.15) is 30.5 Å². The van der Waals surface area contributed by atoms with Crippen molar-refractivity contribution in [2.24, 2.45) is 5.73 Å². The van der Waals surface area contributed by atoms with Gasteiger partial charge in [0, 0.05) is 5.54 Å². The quantitative estimate of drug-likeness (QED) is 0.877. The molecule has 0 aliphatic carbocycles. The Morgan fingerprint density at radius 3 is 2.15 bits per heavy atom. The molecule has 0 fully saturated rings. The van der Waals surface area contributed by atoms with Gasteiger partial charge in [-0.05, 0) is 48.9 Å². The summed E-state index contributed by atoms with van der Waals surface area (Å²) in [6.45, 7) is 4.12. The first-order chi connectivity index (χ1) is 9.50. The number of hydrogen-bond donors (Lipinski definition) is 1. The lowest BCUT2D eigenvalue weighted by atomic mass is 9.87. The minimum absolute atomic E-state index is 0.175. The van der Waals surface area contributed by atoms with Gasteiger partial charge in [0.25, 0.3) is 0 Å². The minimum atomic E-state index is -0.448. The number of rotatable bonds is 5. The van der Waals surface area contributed by atoms with E-state index in [-0.39, 0.29) is 5.82 Å². The first-order valence-electron chi connectivity index (χ1n) is 7.10. The molecule has 1 nitrogen and oxygen atoms in total. The van der Waals surface area contributed by atoms with Crippen LogP contribution in [0.25, 0.3) is 0 Å². The van der Waals surface area contributed by atoms with Crippen LogP contribution < -0.4 is 5.73 Å². The molecule has 20 heavy (non-hydrogen) atoms. The first kappa shape index (κ1) is 14.7. The Bertz CT molecular complexity index is 558. The fourth-order valence-electron chi connectivity index (χ4n) is 2.50. The minimum Gasteiger partial charge on any atom is -0.325 e. The van der Waals surface area contributed by atoms with Crippen molar-refractivity contribution in [3.63, 3.8) is 0 Å². The monoisotopic (exact) mass is 271 g/mol. The summed E-state index contributed by atoms with van der Waals surface area (Å²) in [6.07, 6.45) is 2.32. The molecule has 2 N–H and O–H groups in total. The molecule has 0 amide bonds. The van der Waals surface area contributed by atoms with E-state index in [1.165, 1.54) is 17.2 Å². The molecule has 0 heterocycles. The summed E-state index contributed by atoms with van der Waals surface area (Å²) in [4.78, 5) is 0. The van der Waals surface area contributed by atoms with Gasteiger partial charge in [0.2, 0.25) is 0 Å². The standard InChI is InChI=1S/C18H22FN/c1-3-14-8-10-15(11-9-14)12-18(2,20)13-16-6-4-5-7-17(16)19/h4-11H,3,12-13,20H2,1-2H3. The van der Waals surface area contributed by atoms with Gasteiger partial charge in [0.05, 0.1) is 0 Å². The van der Waals surface area contributed by atoms with Crippen LogP contribution in [-0.4, -0.2) is 5.54 Å². The number of benzene rings is 2. The van der Waals surface area contributed by atoms with E-state index in [1.54, 1.807) is 12.1 Å². The summed E-state index contributed by atoms with van der Waals surface area (Å²) in [7, 11) is 0. The van der Waals surface area contributed by atoms with Crippen molar-refractivity contribution in [3.8, 4) is 0 Å². The fourth-order valence-corrected chi connectivity index (χ4v) is 2.50. The van der Waals surface area contributed by atoms with Crippen LogP contribution in [0.5, 0.6) is 0 Å². The van der Waals surface area contributed by atoms with E-state index in [9.17, 15) is 4.39 Å². The van der Waals surface area contributed by atoms with E-state index in [0.29, 0.717) is 12.0 Å². The Morgan fingerprint density at radius 2 is 1.55 bits per heavy atom. The number of halogens is 1. The van der Waals surface area contributed by atoms with Crippen LogP contribution in [0.3, 0.4) is 0 Å². The summed E-state index contributed by atoms with van der Waals surface area (Å²) in [5.74, 6) is -0.175. The molecule has 0 aromatic heterocycles. The topological polar surface area (TPSA) is 26.0 Å². The van der Waals surface area contributed by atoms with Gasteiger partial charge in [-0.15, -0.1) is 0 Å². The lowest BCUT2D eigenvalue weighted by Crippen LogP contribution is -2.41. The molecule has 2 rings (SSSR count). The summed E-state index contributed by atoms with van der Waals surface area (Å²) in [6, 6.07) is 15.3. The van der Waals surface area contributed by atoms with Crippen molar-refractivity contribution in [3.05, 3.63) is 71.0 Å². The third-order valence-electron chi connectivity index (χ3n) is 3.59. The molecule has 2 aromatic carbocycles. The molecule has 1 atom stereocenters. The van der Waals surface area contributed by atoms with Gasteiger partial charge in [0.15, 0.2) is 0 Å². The zero-order valence-electron chi connectivity index (χ0n) is 12.2. The van der Waals surface area contributed by atoms with Crippen molar-refractivity contribution >= 4 is 0 Å². The summed E-state index contributed by atoms with van der Waals surface area (Å²) in [5.41, 5.74) is 9.11. The van der Waals surface area contributed by atoms with E-state index in [2.05, 4.69) is 31.2 Å². The van der Waals surface area contributed by atoms with Gasteiger partial charge >= 0.3 is 0 Å². The molecule has 0 spiro atoms. The Balaban J connectivity index is 2.08. The number of hydrogen-bond acceptors (Lipinski definition) is 1. The molecular formula is C18H22FN. The average molecular weight is 271 g/mol. The van der Waals surface area contributed by atoms with Gasteiger partial charge in [-0.1, -0.05) is 49.4 Å². The smallest absolute Gasteiger partial charge is 0.126 e. The predicted molar refractivity (Wildman–Crippen MR) is 82.2 cm³/mol. The fraction of sp³-hybridized carbons (Fsp3) is 0.333. The third kappa shape index (κ3) is 3.91. The van der Waals surface area contributed by atoms with Gasteiger partial charge in [0.1, 0.15) is 5.82 Å². The van der Waals surface area contributed by atoms with Gasteiger partial charge in [-0.3, -0.25) is 0 Å². The zero-order valence-corrected chi connectivity index (χ0v) is 12.2. The second-order valence-electron chi connectivity index (χ2n) is 5.77. The molecule has 2 aromatic rings. The van der Waals surface area contributed by atoms with Gasteiger partial charge in [-0.25, -0.2) is 4.39 Å². The summed E-state index contributed by atoms with van der Waals surface area (Å²) in [5, 5.41) is 0. The van der Waals surface area contributed by atoms with Crippen molar-refractivity contribution in [1.82, 2.24) is 0 Å². The molecule has 0 bridgehead atoms. The van der Waals surface area contributed by atoms with E-state index < -0.39 is 5.54 Å². The Labute approximate surface area is 120 Å². The SMILES string of the molecule is CCc1ccc(CC(C)(N)Cc2ccccc2F)cc1. The highest BCUT2D eigenvalue weighted by Crippen LogP contribution is 2.19. The highest BCUT2D eigenvalue weighted by Gasteiger charge is 2.21. The van der Waals surface area contributed by atoms with Crippen molar-refractivity contribution in [2.75, 3.05) is 0 Å². The van der Waals surface area contributed by atoms with Crippen LogP contribution in [0.2, 0.25) is 0 Å². The molecule has 1 unspecified atom stereocenters. The molecule has 0 aliphatic heterocycles. The maximum Gasteiger partial charge on any atom is 0.126 e. The number of nitrogens with two attached hydrogens (primary N) is 1. The van der Waals surface area contributed by atoms with Crippen LogP contribution in [0.15, 0.2) is 48.5 Å². The Hall–Kier alpha value is -1.67. The molecule has 2 heteroatoms. The van der Waals surface area contributed by atoms with E-state index >= 15 is 0 Å². The van der Waals surface area contributed by atoms with Gasteiger partial charge in [-0.2, -0.15) is 0 Å². The lowest BCUT2D eigenvalue weighted by Gasteiger charge is -2.25.